The molecule has 0 saturated heterocycles. The molecule has 0 N–H and O–H groups in total. The fourth-order valence-electron chi connectivity index (χ4n) is 9.21. The van der Waals surface area contributed by atoms with Gasteiger partial charge in [0.1, 0.15) is 12.2 Å². The van der Waals surface area contributed by atoms with Gasteiger partial charge >= 0.3 is 17.9 Å². The fraction of sp³-hybridized carbons (Fsp3) is 0.774. The number of hydrogen-bond acceptors (Lipinski definition) is 6. The number of hydrogen-bond donors (Lipinski definition) is 0. The monoisotopic (exact) mass is 512 g/mol. The molecule has 0 amide bonds. The molecule has 0 aromatic heterocycles. The molecule has 1 unspecified atom stereocenters. The van der Waals surface area contributed by atoms with Crippen molar-refractivity contribution in [3.8, 4) is 0 Å². The van der Waals surface area contributed by atoms with Crippen LogP contribution in [0, 0.1) is 40.9 Å². The maximum absolute atomic E-state index is 12.2. The van der Waals surface area contributed by atoms with E-state index in [0.29, 0.717) is 18.3 Å². The van der Waals surface area contributed by atoms with Crippen LogP contribution in [0.3, 0.4) is 0 Å². The molecule has 6 saturated carbocycles. The van der Waals surface area contributed by atoms with Crippen molar-refractivity contribution in [3.05, 3.63) is 23.8 Å². The van der Waals surface area contributed by atoms with E-state index in [4.69, 9.17) is 14.2 Å². The Morgan fingerprint density at radius 1 is 0.973 bits per heavy atom. The number of fused-ring (bicyclic) bond motifs is 1. The highest BCUT2D eigenvalue weighted by atomic mass is 16.5. The molecule has 0 aromatic carbocycles. The molecule has 6 aliphatic rings. The van der Waals surface area contributed by atoms with E-state index in [0.717, 1.165) is 49.9 Å². The number of carbonyl (C=O) groups excluding carboxylic acids is 3. The average molecular weight is 513 g/mol. The van der Waals surface area contributed by atoms with Gasteiger partial charge in [0.05, 0.1) is 7.11 Å². The lowest BCUT2D eigenvalue weighted by Gasteiger charge is -2.58. The second kappa shape index (κ2) is 10.9. The normalized spacial score (nSPS) is 39.6. The highest BCUT2D eigenvalue weighted by Crippen LogP contribution is 2.62. The third kappa shape index (κ3) is 5.83. The van der Waals surface area contributed by atoms with Gasteiger partial charge in [-0.05, 0) is 106 Å². The first kappa shape index (κ1) is 26.5. The summed E-state index contributed by atoms with van der Waals surface area (Å²) < 4.78 is 16.6. The van der Waals surface area contributed by atoms with Crippen LogP contribution in [0.2, 0.25) is 0 Å². The summed E-state index contributed by atoms with van der Waals surface area (Å²) >= 11 is 0. The van der Waals surface area contributed by atoms with Crippen LogP contribution in [0.25, 0.3) is 0 Å². The summed E-state index contributed by atoms with van der Waals surface area (Å²) in [5, 5.41) is 0. The SMILES string of the molecule is COC(=O)CCCC=C1C[C@@H]2C[C@@H](OC(C)=O)[C@H](C=CC(OC(C)=O)C34CC5CC(CC(C5)C3)C4)[C@@H]2C1. The van der Waals surface area contributed by atoms with Crippen LogP contribution in [0.4, 0.5) is 0 Å². The molecule has 6 fully saturated rings. The lowest BCUT2D eigenvalue weighted by atomic mass is 9.48. The predicted molar refractivity (Wildman–Crippen MR) is 139 cm³/mol. The Labute approximate surface area is 221 Å². The molecule has 6 aliphatic carbocycles. The van der Waals surface area contributed by atoms with Crippen LogP contribution in [0.1, 0.15) is 90.9 Å². The van der Waals surface area contributed by atoms with Crippen molar-refractivity contribution in [2.45, 2.75) is 103 Å². The molecule has 6 heteroatoms. The summed E-state index contributed by atoms with van der Waals surface area (Å²) in [7, 11) is 1.43. The first-order valence-electron chi connectivity index (χ1n) is 14.5. The molecule has 37 heavy (non-hydrogen) atoms. The highest BCUT2D eigenvalue weighted by molar-refractivity contribution is 5.69. The maximum atomic E-state index is 12.2. The van der Waals surface area contributed by atoms with Crippen LogP contribution in [0.5, 0.6) is 0 Å². The summed E-state index contributed by atoms with van der Waals surface area (Å²) in [5.74, 6) is 2.83. The standard InChI is InChI=1S/C31H44O6/c1-19(32)36-28-15-25-13-21(6-4-5-7-30(34)35-3)14-27(25)26(28)8-9-29(37-20(2)33)31-16-22-10-23(17-31)12-24(11-22)18-31/h6,8-9,22-29H,4-5,7,10-18H2,1-3H3/t22?,23?,24?,25-,26-,27-,28-,29?,31?/m1/s1. The Hall–Kier alpha value is -2.11. The molecule has 0 aliphatic heterocycles. The number of allylic oxidation sites excluding steroid dienone is 2. The second-order valence-corrected chi connectivity index (χ2v) is 12.8. The Balaban J connectivity index is 1.31. The molecule has 6 rings (SSSR count). The maximum Gasteiger partial charge on any atom is 0.305 e. The average Bonchev–Trinajstić information content (AvgIpc) is 3.35. The summed E-state index contributed by atoms with van der Waals surface area (Å²) in [4.78, 5) is 35.5. The third-order valence-corrected chi connectivity index (χ3v) is 10.1. The summed E-state index contributed by atoms with van der Waals surface area (Å²) in [6.07, 6.45) is 19.1. The summed E-state index contributed by atoms with van der Waals surface area (Å²) in [6, 6.07) is 0. The minimum Gasteiger partial charge on any atom is -0.469 e. The van der Waals surface area contributed by atoms with Gasteiger partial charge in [-0.15, -0.1) is 0 Å². The van der Waals surface area contributed by atoms with E-state index in [1.807, 2.05) is 0 Å². The van der Waals surface area contributed by atoms with Crippen molar-refractivity contribution in [1.29, 1.82) is 0 Å². The lowest BCUT2D eigenvalue weighted by Crippen LogP contribution is -2.52. The summed E-state index contributed by atoms with van der Waals surface area (Å²) in [5.41, 5.74) is 1.53. The van der Waals surface area contributed by atoms with E-state index in [1.54, 1.807) is 0 Å². The molecular weight excluding hydrogens is 468 g/mol. The van der Waals surface area contributed by atoms with Gasteiger partial charge in [-0.1, -0.05) is 17.7 Å². The lowest BCUT2D eigenvalue weighted by molar-refractivity contribution is -0.163. The molecule has 0 spiro atoms. The van der Waals surface area contributed by atoms with Gasteiger partial charge < -0.3 is 14.2 Å². The van der Waals surface area contributed by atoms with Crippen molar-refractivity contribution in [3.63, 3.8) is 0 Å². The Morgan fingerprint density at radius 2 is 1.65 bits per heavy atom. The number of unbranched alkanes of at least 4 members (excludes halogenated alkanes) is 1. The van der Waals surface area contributed by atoms with E-state index in [2.05, 4.69) is 18.2 Å². The van der Waals surface area contributed by atoms with Gasteiger partial charge in [-0.2, -0.15) is 0 Å². The molecule has 6 nitrogen and oxygen atoms in total. The molecule has 0 radical (unpaired) electrons. The molecular formula is C31H44O6. The molecule has 204 valence electrons. The third-order valence-electron chi connectivity index (χ3n) is 10.1. The molecule has 5 atom stereocenters. The summed E-state index contributed by atoms with van der Waals surface area (Å²) in [6.45, 7) is 3.03. The zero-order chi connectivity index (χ0) is 26.2. The minimum absolute atomic E-state index is 0.0756. The smallest absolute Gasteiger partial charge is 0.305 e. The van der Waals surface area contributed by atoms with E-state index < -0.39 is 0 Å². The predicted octanol–water partition coefficient (Wildman–Crippen LogP) is 5.94. The quantitative estimate of drug-likeness (QED) is 0.165. The van der Waals surface area contributed by atoms with Crippen molar-refractivity contribution in [2.75, 3.05) is 7.11 Å². The Kier molecular flexibility index (Phi) is 7.83. The van der Waals surface area contributed by atoms with Gasteiger partial charge in [-0.25, -0.2) is 0 Å². The van der Waals surface area contributed by atoms with Crippen LogP contribution in [-0.2, 0) is 28.6 Å². The van der Waals surface area contributed by atoms with Gasteiger partial charge in [0.2, 0.25) is 0 Å². The van der Waals surface area contributed by atoms with Crippen molar-refractivity contribution >= 4 is 17.9 Å². The van der Waals surface area contributed by atoms with E-state index in [9.17, 15) is 14.4 Å². The van der Waals surface area contributed by atoms with Crippen molar-refractivity contribution in [1.82, 2.24) is 0 Å². The number of methoxy groups -OCH3 is 1. The number of rotatable bonds is 9. The Morgan fingerprint density at radius 3 is 2.24 bits per heavy atom. The first-order chi connectivity index (χ1) is 17.7. The highest BCUT2D eigenvalue weighted by Gasteiger charge is 2.55. The zero-order valence-corrected chi connectivity index (χ0v) is 22.8. The van der Waals surface area contributed by atoms with Gasteiger partial charge in [0, 0.05) is 31.6 Å². The van der Waals surface area contributed by atoms with E-state index in [-0.39, 0.29) is 41.4 Å². The second-order valence-electron chi connectivity index (χ2n) is 12.8. The van der Waals surface area contributed by atoms with Crippen LogP contribution in [-0.4, -0.2) is 37.2 Å². The van der Waals surface area contributed by atoms with Crippen molar-refractivity contribution < 1.29 is 28.6 Å². The van der Waals surface area contributed by atoms with Crippen molar-refractivity contribution in [2.24, 2.45) is 40.9 Å². The van der Waals surface area contributed by atoms with E-state index in [1.165, 1.54) is 65.1 Å². The number of carbonyl (C=O) groups is 3. The number of esters is 3. The van der Waals surface area contributed by atoms with Gasteiger partial charge in [0.25, 0.3) is 0 Å². The van der Waals surface area contributed by atoms with Crippen LogP contribution < -0.4 is 0 Å². The van der Waals surface area contributed by atoms with Crippen LogP contribution >= 0.6 is 0 Å². The Bertz CT molecular complexity index is 912. The largest absolute Gasteiger partial charge is 0.469 e. The van der Waals surface area contributed by atoms with Crippen LogP contribution in [0.15, 0.2) is 23.8 Å². The molecule has 0 heterocycles. The molecule has 4 bridgehead atoms. The first-order valence-corrected chi connectivity index (χ1v) is 14.5. The zero-order valence-electron chi connectivity index (χ0n) is 22.8. The molecule has 0 aromatic rings. The number of ether oxygens (including phenoxy) is 3. The van der Waals surface area contributed by atoms with Gasteiger partial charge in [0.15, 0.2) is 0 Å². The van der Waals surface area contributed by atoms with Gasteiger partial charge in [-0.3, -0.25) is 14.4 Å². The van der Waals surface area contributed by atoms with E-state index >= 15 is 0 Å². The minimum atomic E-state index is -0.223. The topological polar surface area (TPSA) is 78.9 Å². The fourth-order valence-corrected chi connectivity index (χ4v) is 9.21.